The molecule has 1 fully saturated rings. The first-order chi connectivity index (χ1) is 10.9. The van der Waals surface area contributed by atoms with E-state index >= 15 is 0 Å². The average Bonchev–Trinajstić information content (AvgIpc) is 2.50. The molecular formula is C15H15ClFNO5. The lowest BCUT2D eigenvalue weighted by Gasteiger charge is -2.25. The van der Waals surface area contributed by atoms with Crippen LogP contribution in [0.4, 0.5) is 4.39 Å². The van der Waals surface area contributed by atoms with Gasteiger partial charge in [-0.15, -0.1) is 0 Å². The van der Waals surface area contributed by atoms with E-state index < -0.39 is 29.7 Å². The second-order valence-electron chi connectivity index (χ2n) is 5.27. The van der Waals surface area contributed by atoms with Crippen molar-refractivity contribution in [2.24, 2.45) is 5.92 Å². The minimum atomic E-state index is -1.00. The van der Waals surface area contributed by atoms with Gasteiger partial charge in [-0.2, -0.15) is 0 Å². The van der Waals surface area contributed by atoms with Crippen LogP contribution >= 0.6 is 11.6 Å². The van der Waals surface area contributed by atoms with Crippen molar-refractivity contribution >= 4 is 29.3 Å². The van der Waals surface area contributed by atoms with Crippen molar-refractivity contribution in [3.05, 3.63) is 29.0 Å². The summed E-state index contributed by atoms with van der Waals surface area (Å²) in [5.74, 6) is -3.06. The van der Waals surface area contributed by atoms with Crippen molar-refractivity contribution in [3.63, 3.8) is 0 Å². The molecule has 2 unspecified atom stereocenters. The number of rotatable bonds is 5. The highest BCUT2D eigenvalue weighted by Gasteiger charge is 2.33. The molecule has 1 aliphatic carbocycles. The van der Waals surface area contributed by atoms with Crippen LogP contribution in [0.3, 0.4) is 0 Å². The zero-order valence-electron chi connectivity index (χ0n) is 12.1. The Morgan fingerprint density at radius 2 is 2.13 bits per heavy atom. The van der Waals surface area contributed by atoms with Crippen LogP contribution in [-0.4, -0.2) is 35.4 Å². The van der Waals surface area contributed by atoms with Gasteiger partial charge in [-0.1, -0.05) is 11.6 Å². The van der Waals surface area contributed by atoms with Crippen LogP contribution in [0.2, 0.25) is 5.02 Å². The lowest BCUT2D eigenvalue weighted by Crippen LogP contribution is -2.46. The number of hydrogen-bond acceptors (Lipinski definition) is 4. The van der Waals surface area contributed by atoms with Crippen LogP contribution in [0.15, 0.2) is 18.2 Å². The second-order valence-corrected chi connectivity index (χ2v) is 5.67. The van der Waals surface area contributed by atoms with E-state index in [2.05, 4.69) is 5.32 Å². The van der Waals surface area contributed by atoms with E-state index in [-0.39, 0.29) is 36.0 Å². The molecule has 2 atom stereocenters. The lowest BCUT2D eigenvalue weighted by molar-refractivity contribution is -0.146. The quantitative estimate of drug-likeness (QED) is 0.850. The minimum absolute atomic E-state index is 0.0532. The summed E-state index contributed by atoms with van der Waals surface area (Å²) in [6, 6.07) is 3.07. The zero-order chi connectivity index (χ0) is 17.0. The summed E-state index contributed by atoms with van der Waals surface area (Å²) in [5, 5.41) is 11.3. The van der Waals surface area contributed by atoms with E-state index in [0.29, 0.717) is 6.42 Å². The molecule has 6 nitrogen and oxygen atoms in total. The molecule has 2 rings (SSSR count). The Morgan fingerprint density at radius 1 is 1.39 bits per heavy atom. The van der Waals surface area contributed by atoms with Crippen LogP contribution in [0, 0.1) is 11.7 Å². The van der Waals surface area contributed by atoms with E-state index in [1.165, 1.54) is 12.1 Å². The third kappa shape index (κ3) is 4.66. The van der Waals surface area contributed by atoms with Gasteiger partial charge < -0.3 is 15.2 Å². The van der Waals surface area contributed by atoms with Gasteiger partial charge in [0.15, 0.2) is 12.4 Å². The number of ether oxygens (including phenoxy) is 1. The molecule has 0 aromatic heterocycles. The molecule has 124 valence electrons. The molecule has 2 N–H and O–H groups in total. The van der Waals surface area contributed by atoms with Crippen LogP contribution < -0.4 is 10.1 Å². The second kappa shape index (κ2) is 7.41. The van der Waals surface area contributed by atoms with Crippen molar-refractivity contribution < 1.29 is 28.6 Å². The number of aliphatic carboxylic acids is 1. The van der Waals surface area contributed by atoms with E-state index in [1.54, 1.807) is 0 Å². The highest BCUT2D eigenvalue weighted by atomic mass is 35.5. The van der Waals surface area contributed by atoms with Crippen molar-refractivity contribution in [3.8, 4) is 5.75 Å². The van der Waals surface area contributed by atoms with Gasteiger partial charge in [0.1, 0.15) is 11.6 Å². The van der Waals surface area contributed by atoms with Gasteiger partial charge in [0, 0.05) is 12.5 Å². The minimum Gasteiger partial charge on any atom is -0.484 e. The van der Waals surface area contributed by atoms with Crippen LogP contribution in [0.25, 0.3) is 0 Å². The highest BCUT2D eigenvalue weighted by Crippen LogP contribution is 2.22. The fourth-order valence-electron chi connectivity index (χ4n) is 2.33. The Balaban J connectivity index is 1.82. The fraction of sp³-hybridized carbons (Fsp3) is 0.400. The van der Waals surface area contributed by atoms with E-state index in [9.17, 15) is 18.8 Å². The molecule has 0 heterocycles. The summed E-state index contributed by atoms with van der Waals surface area (Å²) in [4.78, 5) is 34.4. The fourth-order valence-corrected chi connectivity index (χ4v) is 2.45. The highest BCUT2D eigenvalue weighted by molar-refractivity contribution is 6.30. The standard InChI is InChI=1S/C15H15ClFNO5/c16-10-3-2-9(6-11(10)17)23-7-14(20)18-12-4-1-8(15(21)22)5-13(12)19/h2-3,6,8,12H,1,4-5,7H2,(H,18,20)(H,21,22). The Morgan fingerprint density at radius 3 is 2.74 bits per heavy atom. The maximum atomic E-state index is 13.2. The van der Waals surface area contributed by atoms with Crippen molar-refractivity contribution in [2.45, 2.75) is 25.3 Å². The molecule has 0 radical (unpaired) electrons. The van der Waals surface area contributed by atoms with Crippen LogP contribution in [-0.2, 0) is 14.4 Å². The molecule has 0 aliphatic heterocycles. The van der Waals surface area contributed by atoms with Gasteiger partial charge in [-0.05, 0) is 25.0 Å². The number of carboxylic acids is 1. The lowest BCUT2D eigenvalue weighted by atomic mass is 9.85. The van der Waals surface area contributed by atoms with Gasteiger partial charge in [0.25, 0.3) is 5.91 Å². The van der Waals surface area contributed by atoms with Gasteiger partial charge in [-0.3, -0.25) is 14.4 Å². The van der Waals surface area contributed by atoms with Crippen LogP contribution in [0.1, 0.15) is 19.3 Å². The third-order valence-electron chi connectivity index (χ3n) is 3.59. The summed E-state index contributed by atoms with van der Waals surface area (Å²) < 4.78 is 18.3. The summed E-state index contributed by atoms with van der Waals surface area (Å²) >= 11 is 5.53. The number of amides is 1. The molecule has 0 spiro atoms. The predicted molar refractivity (Wildman–Crippen MR) is 78.8 cm³/mol. The SMILES string of the molecule is O=C(COc1ccc(Cl)c(F)c1)NC1CCC(C(=O)O)CC1=O. The molecule has 1 aromatic rings. The zero-order valence-corrected chi connectivity index (χ0v) is 12.8. The van der Waals surface area contributed by atoms with Gasteiger partial charge >= 0.3 is 5.97 Å². The number of benzene rings is 1. The predicted octanol–water partition coefficient (Wildman–Crippen LogP) is 1.80. The van der Waals surface area contributed by atoms with Gasteiger partial charge in [-0.25, -0.2) is 4.39 Å². The first-order valence-corrected chi connectivity index (χ1v) is 7.37. The Kier molecular flexibility index (Phi) is 5.54. The average molecular weight is 344 g/mol. The molecular weight excluding hydrogens is 329 g/mol. The first kappa shape index (κ1) is 17.2. The van der Waals surface area contributed by atoms with E-state index in [0.717, 1.165) is 6.07 Å². The van der Waals surface area contributed by atoms with Crippen molar-refractivity contribution in [1.82, 2.24) is 5.32 Å². The van der Waals surface area contributed by atoms with Gasteiger partial charge in [0.05, 0.1) is 17.0 Å². The van der Waals surface area contributed by atoms with Gasteiger partial charge in [0.2, 0.25) is 0 Å². The summed E-state index contributed by atoms with van der Waals surface area (Å²) in [6.07, 6.45) is 0.510. The number of ketones is 1. The number of nitrogens with one attached hydrogen (secondary N) is 1. The van der Waals surface area contributed by atoms with Crippen molar-refractivity contribution in [1.29, 1.82) is 0 Å². The summed E-state index contributed by atoms with van der Waals surface area (Å²) in [5.41, 5.74) is 0. The number of halogens is 2. The number of Topliss-reactive ketones (excluding diaryl/α,β-unsaturated/α-hetero) is 1. The topological polar surface area (TPSA) is 92.7 Å². The first-order valence-electron chi connectivity index (χ1n) is 6.99. The van der Waals surface area contributed by atoms with E-state index in [4.69, 9.17) is 21.4 Å². The Hall–Kier alpha value is -2.15. The molecule has 0 bridgehead atoms. The monoisotopic (exact) mass is 343 g/mol. The molecule has 1 saturated carbocycles. The Labute approximate surface area is 136 Å². The summed E-state index contributed by atoms with van der Waals surface area (Å²) in [7, 11) is 0. The Bertz CT molecular complexity index is 636. The summed E-state index contributed by atoms with van der Waals surface area (Å²) in [6.45, 7) is -0.382. The number of carboxylic acid groups (broad SMARTS) is 1. The maximum absolute atomic E-state index is 13.2. The maximum Gasteiger partial charge on any atom is 0.306 e. The normalized spacial score (nSPS) is 20.9. The number of hydrogen-bond donors (Lipinski definition) is 2. The molecule has 1 aromatic carbocycles. The molecule has 1 aliphatic rings. The third-order valence-corrected chi connectivity index (χ3v) is 3.89. The number of carbonyl (C=O) groups is 3. The molecule has 23 heavy (non-hydrogen) atoms. The molecule has 1 amide bonds. The largest absolute Gasteiger partial charge is 0.484 e. The van der Waals surface area contributed by atoms with Crippen LogP contribution in [0.5, 0.6) is 5.75 Å². The number of carbonyl (C=O) groups excluding carboxylic acids is 2. The van der Waals surface area contributed by atoms with Crippen molar-refractivity contribution in [2.75, 3.05) is 6.61 Å². The molecule has 0 saturated heterocycles. The van der Waals surface area contributed by atoms with E-state index in [1.807, 2.05) is 0 Å². The smallest absolute Gasteiger partial charge is 0.306 e. The molecule has 8 heteroatoms.